The van der Waals surface area contributed by atoms with Crippen molar-refractivity contribution in [1.29, 1.82) is 0 Å². The molecule has 1 atom stereocenters. The van der Waals surface area contributed by atoms with E-state index in [-0.39, 0.29) is 34.8 Å². The summed E-state index contributed by atoms with van der Waals surface area (Å²) in [6.45, 7) is 3.21. The number of rotatable bonds is 7. The Hall–Kier alpha value is -5.10. The van der Waals surface area contributed by atoms with Crippen LogP contribution in [0.25, 0.3) is 22.3 Å². The summed E-state index contributed by atoms with van der Waals surface area (Å²) >= 11 is 0. The van der Waals surface area contributed by atoms with Gasteiger partial charge < -0.3 is 20.1 Å². The fraction of sp³-hybridized carbons (Fsp3) is 0.226. The Kier molecular flexibility index (Phi) is 7.59. The van der Waals surface area contributed by atoms with Gasteiger partial charge in [-0.2, -0.15) is 5.10 Å². The molecule has 0 aliphatic carbocycles. The van der Waals surface area contributed by atoms with Crippen LogP contribution in [0.2, 0.25) is 0 Å². The number of carbonyl (C=O) groups excluding carboxylic acids is 1. The molecular weight excluding hydrogens is 558 g/mol. The van der Waals surface area contributed by atoms with E-state index in [0.717, 1.165) is 18.9 Å². The highest BCUT2D eigenvalue weighted by Crippen LogP contribution is 2.37. The molecule has 0 radical (unpaired) electrons. The first kappa shape index (κ1) is 28.0. The van der Waals surface area contributed by atoms with Gasteiger partial charge in [-0.3, -0.25) is 15.1 Å². The molecule has 2 aromatic carbocycles. The van der Waals surface area contributed by atoms with Gasteiger partial charge in [0, 0.05) is 54.0 Å². The number of amides is 1. The monoisotopic (exact) mass is 587 g/mol. The van der Waals surface area contributed by atoms with E-state index in [2.05, 4.69) is 25.4 Å². The number of halogens is 2. The normalized spacial score (nSPS) is 14.6. The molecular formula is C31H29F2N6O4+. The number of aromatic nitrogens is 4. The van der Waals surface area contributed by atoms with Crippen LogP contribution in [0.4, 0.5) is 20.3 Å². The molecule has 10 nitrogen and oxygen atoms in total. The van der Waals surface area contributed by atoms with E-state index in [4.69, 9.17) is 4.74 Å². The number of aliphatic hydroxyl groups is 1. The Morgan fingerprint density at radius 1 is 1.09 bits per heavy atom. The van der Waals surface area contributed by atoms with Gasteiger partial charge >= 0.3 is 11.6 Å². The summed E-state index contributed by atoms with van der Waals surface area (Å²) in [4.78, 5) is 19.4. The van der Waals surface area contributed by atoms with Gasteiger partial charge in [-0.1, -0.05) is 0 Å². The number of hydrogen-bond acceptors (Lipinski definition) is 7. The van der Waals surface area contributed by atoms with Crippen molar-refractivity contribution >= 4 is 28.4 Å². The Labute approximate surface area is 245 Å². The first-order chi connectivity index (χ1) is 20.8. The lowest BCUT2D eigenvalue weighted by molar-refractivity contribution is -0.897. The third-order valence-corrected chi connectivity index (χ3v) is 7.67. The molecule has 4 heterocycles. The van der Waals surface area contributed by atoms with Crippen molar-refractivity contribution < 1.29 is 33.4 Å². The standard InChI is InChI=1S/C31H28F2N6O4/c1-18(40)19-12-15-38(16-13-19)30-28-27(11-14-34-29(28)36-37-30)43-26-10-9-22(17-23(26)33)35-31(41)25-4-2-3-24(39(25)42)20-5-7-21(32)8-6-20/h2-11,14,17-19,40H,12-13,15-16H2,1H3,(H2-,34,35,36,37,41,42)/p+1. The van der Waals surface area contributed by atoms with Crippen molar-refractivity contribution in [2.24, 2.45) is 5.92 Å². The van der Waals surface area contributed by atoms with E-state index in [1.165, 1.54) is 48.7 Å². The summed E-state index contributed by atoms with van der Waals surface area (Å²) in [5, 5.41) is 31.2. The molecule has 4 N–H and O–H groups in total. The Morgan fingerprint density at radius 2 is 1.86 bits per heavy atom. The van der Waals surface area contributed by atoms with Crippen LogP contribution in [0.15, 0.2) is 72.9 Å². The number of hydrogen-bond donors (Lipinski definition) is 4. The number of ether oxygens (including phenoxy) is 1. The lowest BCUT2D eigenvalue weighted by Crippen LogP contribution is -2.41. The molecule has 12 heteroatoms. The minimum Gasteiger partial charge on any atom is -0.453 e. The van der Waals surface area contributed by atoms with Crippen molar-refractivity contribution in [2.75, 3.05) is 23.3 Å². The topological polar surface area (TPSA) is 127 Å². The molecule has 0 bridgehead atoms. The fourth-order valence-corrected chi connectivity index (χ4v) is 5.30. The second kappa shape index (κ2) is 11.6. The number of nitrogens with one attached hydrogen (secondary N) is 2. The van der Waals surface area contributed by atoms with Crippen molar-refractivity contribution in [3.63, 3.8) is 0 Å². The minimum atomic E-state index is -0.720. The smallest absolute Gasteiger partial charge is 0.325 e. The third-order valence-electron chi connectivity index (χ3n) is 7.67. The predicted molar refractivity (Wildman–Crippen MR) is 154 cm³/mol. The largest absolute Gasteiger partial charge is 0.453 e. The average Bonchev–Trinajstić information content (AvgIpc) is 3.44. The second-order valence-electron chi connectivity index (χ2n) is 10.5. The van der Waals surface area contributed by atoms with E-state index < -0.39 is 17.5 Å². The molecule has 220 valence electrons. The number of fused-ring (bicyclic) bond motifs is 1. The van der Waals surface area contributed by atoms with Crippen LogP contribution >= 0.6 is 0 Å². The molecule has 1 amide bonds. The van der Waals surface area contributed by atoms with Gasteiger partial charge in [-0.25, -0.2) is 13.8 Å². The molecule has 43 heavy (non-hydrogen) atoms. The molecule has 1 unspecified atom stereocenters. The van der Waals surface area contributed by atoms with Gasteiger partial charge in [0.05, 0.1) is 11.7 Å². The van der Waals surface area contributed by atoms with Crippen LogP contribution in [0.1, 0.15) is 30.3 Å². The quantitative estimate of drug-likeness (QED) is 0.155. The summed E-state index contributed by atoms with van der Waals surface area (Å²) in [6, 6.07) is 15.7. The first-order valence-corrected chi connectivity index (χ1v) is 13.8. The number of anilines is 2. The van der Waals surface area contributed by atoms with Crippen molar-refractivity contribution in [2.45, 2.75) is 25.9 Å². The second-order valence-corrected chi connectivity index (χ2v) is 10.5. The number of piperidine rings is 1. The molecule has 5 aromatic rings. The number of nitrogens with zero attached hydrogens (tertiary/aromatic N) is 4. The number of pyridine rings is 2. The van der Waals surface area contributed by atoms with Crippen LogP contribution in [-0.4, -0.2) is 50.6 Å². The Bertz CT molecular complexity index is 1790. The maximum absolute atomic E-state index is 15.3. The number of aliphatic hydroxyl groups excluding tert-OH is 1. The number of H-pyrrole nitrogens is 1. The van der Waals surface area contributed by atoms with Gasteiger partial charge in [-0.05, 0) is 68.1 Å². The summed E-state index contributed by atoms with van der Waals surface area (Å²) < 4.78 is 35.3. The molecule has 1 aliphatic heterocycles. The van der Waals surface area contributed by atoms with Crippen molar-refractivity contribution in [1.82, 2.24) is 15.2 Å². The van der Waals surface area contributed by atoms with E-state index in [9.17, 15) is 19.5 Å². The van der Waals surface area contributed by atoms with Crippen LogP contribution in [0.5, 0.6) is 11.5 Å². The summed E-state index contributed by atoms with van der Waals surface area (Å²) in [5.74, 6) is -0.664. The number of benzene rings is 2. The first-order valence-electron chi connectivity index (χ1n) is 13.8. The summed E-state index contributed by atoms with van der Waals surface area (Å²) in [6.07, 6.45) is 2.80. The number of carbonyl (C=O) groups is 1. The van der Waals surface area contributed by atoms with Gasteiger partial charge in [0.1, 0.15) is 17.0 Å². The molecule has 0 saturated carbocycles. The average molecular weight is 588 g/mol. The fourth-order valence-electron chi connectivity index (χ4n) is 5.30. The molecule has 3 aromatic heterocycles. The van der Waals surface area contributed by atoms with Crippen LogP contribution in [0.3, 0.4) is 0 Å². The summed E-state index contributed by atoms with van der Waals surface area (Å²) in [7, 11) is 0. The SMILES string of the molecule is CC(O)C1CCN(c2n[nH]c3nccc(Oc4ccc(NC(=O)c5cccc(-c6ccc(F)cc6)[n+]5O)cc4F)c23)CC1. The van der Waals surface area contributed by atoms with E-state index in [0.29, 0.717) is 46.0 Å². The van der Waals surface area contributed by atoms with Crippen molar-refractivity contribution in [3.05, 3.63) is 90.3 Å². The Balaban J connectivity index is 1.20. The van der Waals surface area contributed by atoms with Crippen LogP contribution in [-0.2, 0) is 0 Å². The Morgan fingerprint density at radius 3 is 2.58 bits per heavy atom. The molecule has 1 saturated heterocycles. The zero-order valence-corrected chi connectivity index (χ0v) is 23.2. The van der Waals surface area contributed by atoms with Gasteiger partial charge in [-0.15, -0.1) is 0 Å². The number of aromatic amines is 1. The summed E-state index contributed by atoms with van der Waals surface area (Å²) in [5.41, 5.74) is 1.31. The highest BCUT2D eigenvalue weighted by Gasteiger charge is 2.27. The van der Waals surface area contributed by atoms with Crippen molar-refractivity contribution in [3.8, 4) is 22.8 Å². The zero-order chi connectivity index (χ0) is 30.1. The van der Waals surface area contributed by atoms with E-state index >= 15 is 4.39 Å². The van der Waals surface area contributed by atoms with Gasteiger partial charge in [0.15, 0.2) is 23.0 Å². The highest BCUT2D eigenvalue weighted by atomic mass is 19.1. The minimum absolute atomic E-state index is 0.0685. The van der Waals surface area contributed by atoms with E-state index in [1.54, 1.807) is 18.2 Å². The predicted octanol–water partition coefficient (Wildman–Crippen LogP) is 5.07. The van der Waals surface area contributed by atoms with Crippen LogP contribution in [0, 0.1) is 17.6 Å². The maximum atomic E-state index is 15.3. The highest BCUT2D eigenvalue weighted by molar-refractivity contribution is 6.02. The molecule has 1 aliphatic rings. The van der Waals surface area contributed by atoms with Gasteiger partial charge in [0.2, 0.25) is 0 Å². The van der Waals surface area contributed by atoms with E-state index in [1.807, 2.05) is 6.92 Å². The lowest BCUT2D eigenvalue weighted by atomic mass is 9.92. The van der Waals surface area contributed by atoms with Gasteiger partial charge in [0.25, 0.3) is 5.69 Å². The molecule has 0 spiro atoms. The third kappa shape index (κ3) is 5.69. The lowest BCUT2D eigenvalue weighted by Gasteiger charge is -2.33. The molecule has 1 fully saturated rings. The van der Waals surface area contributed by atoms with Crippen LogP contribution < -0.4 is 19.7 Å². The maximum Gasteiger partial charge on any atom is 0.325 e. The zero-order valence-electron chi connectivity index (χ0n) is 23.2. The molecule has 6 rings (SSSR count).